The molecule has 0 unspecified atom stereocenters. The van der Waals surface area contributed by atoms with Crippen LogP contribution in [0.4, 0.5) is 4.39 Å². The molecule has 0 bridgehead atoms. The minimum atomic E-state index is -0.306. The number of nitrogens with one attached hydrogen (secondary N) is 1. The highest BCUT2D eigenvalue weighted by Gasteiger charge is 2.11. The summed E-state index contributed by atoms with van der Waals surface area (Å²) in [5.41, 5.74) is 1.31. The standard InChI is InChI=1S/C22H32FN3O3/c1-16(2)12-26(13-17(3)4)10-9-24-22(27)15-28-14-20-11-21(29-25-20)18-5-7-19(23)8-6-18/h5-8,11,16-17H,9-10,12-15H2,1-4H3,(H,24,27). The molecule has 0 fully saturated rings. The molecule has 2 aromatic rings. The first-order chi connectivity index (χ1) is 13.8. The Bertz CT molecular complexity index is 734. The minimum absolute atomic E-state index is 0.0346. The van der Waals surface area contributed by atoms with Crippen molar-refractivity contribution in [2.75, 3.05) is 32.8 Å². The van der Waals surface area contributed by atoms with E-state index in [-0.39, 0.29) is 24.9 Å². The van der Waals surface area contributed by atoms with Crippen LogP contribution in [0.5, 0.6) is 0 Å². The number of hydrogen-bond acceptors (Lipinski definition) is 5. The number of carbonyl (C=O) groups excluding carboxylic acids is 1. The third-order valence-electron chi connectivity index (χ3n) is 4.17. The van der Waals surface area contributed by atoms with Crippen molar-refractivity contribution in [1.29, 1.82) is 0 Å². The molecule has 2 rings (SSSR count). The van der Waals surface area contributed by atoms with Gasteiger partial charge >= 0.3 is 0 Å². The van der Waals surface area contributed by atoms with Crippen molar-refractivity contribution in [1.82, 2.24) is 15.4 Å². The maximum absolute atomic E-state index is 13.0. The number of amides is 1. The zero-order chi connectivity index (χ0) is 21.2. The van der Waals surface area contributed by atoms with E-state index in [2.05, 4.69) is 43.1 Å². The smallest absolute Gasteiger partial charge is 0.246 e. The predicted molar refractivity (Wildman–Crippen MR) is 111 cm³/mol. The molecular weight excluding hydrogens is 373 g/mol. The van der Waals surface area contributed by atoms with E-state index in [1.807, 2.05) is 0 Å². The lowest BCUT2D eigenvalue weighted by Gasteiger charge is -2.26. The Morgan fingerprint density at radius 3 is 2.45 bits per heavy atom. The van der Waals surface area contributed by atoms with Crippen LogP contribution in [0.15, 0.2) is 34.9 Å². The number of hydrogen-bond donors (Lipinski definition) is 1. The molecule has 1 aromatic carbocycles. The lowest BCUT2D eigenvalue weighted by atomic mass is 10.1. The van der Waals surface area contributed by atoms with Gasteiger partial charge in [-0.2, -0.15) is 0 Å². The van der Waals surface area contributed by atoms with E-state index in [0.717, 1.165) is 25.2 Å². The molecule has 6 nitrogen and oxygen atoms in total. The largest absolute Gasteiger partial charge is 0.365 e. The van der Waals surface area contributed by atoms with Crippen LogP contribution in [0.25, 0.3) is 11.3 Å². The molecule has 0 saturated carbocycles. The number of aromatic nitrogens is 1. The van der Waals surface area contributed by atoms with Gasteiger partial charge in [0.1, 0.15) is 18.1 Å². The minimum Gasteiger partial charge on any atom is -0.365 e. The first-order valence-corrected chi connectivity index (χ1v) is 10.1. The first kappa shape index (κ1) is 23.0. The van der Waals surface area contributed by atoms with Gasteiger partial charge in [0.25, 0.3) is 0 Å². The van der Waals surface area contributed by atoms with Crippen LogP contribution in [0.1, 0.15) is 33.4 Å². The summed E-state index contributed by atoms with van der Waals surface area (Å²) in [7, 11) is 0. The molecule has 7 heteroatoms. The van der Waals surface area contributed by atoms with E-state index >= 15 is 0 Å². The molecule has 0 radical (unpaired) electrons. The van der Waals surface area contributed by atoms with Crippen molar-refractivity contribution < 1.29 is 18.4 Å². The van der Waals surface area contributed by atoms with Gasteiger partial charge in [-0.1, -0.05) is 32.9 Å². The Labute approximate surface area is 172 Å². The highest BCUT2D eigenvalue weighted by molar-refractivity contribution is 5.77. The summed E-state index contributed by atoms with van der Waals surface area (Å²) in [5.74, 6) is 1.26. The van der Waals surface area contributed by atoms with E-state index in [4.69, 9.17) is 9.26 Å². The molecule has 1 heterocycles. The highest BCUT2D eigenvalue weighted by atomic mass is 19.1. The Morgan fingerprint density at radius 1 is 1.17 bits per heavy atom. The van der Waals surface area contributed by atoms with Crippen molar-refractivity contribution in [3.8, 4) is 11.3 Å². The second kappa shape index (κ2) is 11.7. The molecule has 0 atom stereocenters. The summed E-state index contributed by atoms with van der Waals surface area (Å²) >= 11 is 0. The summed E-state index contributed by atoms with van der Waals surface area (Å²) < 4.78 is 23.7. The lowest BCUT2D eigenvalue weighted by molar-refractivity contribution is -0.126. The zero-order valence-corrected chi connectivity index (χ0v) is 17.8. The van der Waals surface area contributed by atoms with Gasteiger partial charge in [-0.25, -0.2) is 4.39 Å². The zero-order valence-electron chi connectivity index (χ0n) is 17.8. The molecular formula is C22H32FN3O3. The van der Waals surface area contributed by atoms with Crippen LogP contribution in [0.2, 0.25) is 0 Å². The van der Waals surface area contributed by atoms with E-state index in [0.29, 0.717) is 29.8 Å². The summed E-state index contributed by atoms with van der Waals surface area (Å²) in [4.78, 5) is 14.4. The molecule has 1 N–H and O–H groups in total. The predicted octanol–water partition coefficient (Wildman–Crippen LogP) is 3.73. The van der Waals surface area contributed by atoms with Gasteiger partial charge in [0.2, 0.25) is 5.91 Å². The Hall–Kier alpha value is -2.25. The van der Waals surface area contributed by atoms with Crippen LogP contribution in [-0.2, 0) is 16.1 Å². The van der Waals surface area contributed by atoms with Crippen molar-refractivity contribution in [2.24, 2.45) is 11.8 Å². The maximum Gasteiger partial charge on any atom is 0.246 e. The molecule has 0 aliphatic heterocycles. The molecule has 0 aliphatic carbocycles. The first-order valence-electron chi connectivity index (χ1n) is 10.1. The van der Waals surface area contributed by atoms with Gasteiger partial charge in [-0.05, 0) is 36.1 Å². The summed E-state index contributed by atoms with van der Waals surface area (Å²) in [6.07, 6.45) is 0. The Balaban J connectivity index is 1.68. The fourth-order valence-corrected chi connectivity index (χ4v) is 3.07. The van der Waals surface area contributed by atoms with Crippen LogP contribution < -0.4 is 5.32 Å². The Kier molecular flexibility index (Phi) is 9.28. The fourth-order valence-electron chi connectivity index (χ4n) is 3.07. The molecule has 1 amide bonds. The van der Waals surface area contributed by atoms with Gasteiger partial charge in [0.15, 0.2) is 5.76 Å². The van der Waals surface area contributed by atoms with Crippen molar-refractivity contribution in [2.45, 2.75) is 34.3 Å². The van der Waals surface area contributed by atoms with Gasteiger partial charge in [0, 0.05) is 37.8 Å². The number of halogens is 1. The average Bonchev–Trinajstić information content (AvgIpc) is 3.10. The molecule has 0 spiro atoms. The van der Waals surface area contributed by atoms with E-state index in [1.165, 1.54) is 12.1 Å². The number of ether oxygens (including phenoxy) is 1. The fraction of sp³-hybridized carbons (Fsp3) is 0.545. The maximum atomic E-state index is 13.0. The van der Waals surface area contributed by atoms with Gasteiger partial charge < -0.3 is 19.5 Å². The second-order valence-electron chi connectivity index (χ2n) is 8.08. The Morgan fingerprint density at radius 2 is 1.83 bits per heavy atom. The molecule has 160 valence electrons. The van der Waals surface area contributed by atoms with Gasteiger partial charge in [0.05, 0.1) is 6.61 Å². The SMILES string of the molecule is CC(C)CN(CCNC(=O)COCc1cc(-c2ccc(F)cc2)on1)CC(C)C. The number of nitrogens with zero attached hydrogens (tertiary/aromatic N) is 2. The quantitative estimate of drug-likeness (QED) is 0.583. The van der Waals surface area contributed by atoms with Crippen LogP contribution in [0.3, 0.4) is 0 Å². The molecule has 0 saturated heterocycles. The summed E-state index contributed by atoms with van der Waals surface area (Å²) in [6, 6.07) is 7.69. The third kappa shape index (κ3) is 8.75. The topological polar surface area (TPSA) is 67.6 Å². The third-order valence-corrected chi connectivity index (χ3v) is 4.17. The molecule has 0 aliphatic rings. The monoisotopic (exact) mass is 405 g/mol. The van der Waals surface area contributed by atoms with E-state index in [9.17, 15) is 9.18 Å². The van der Waals surface area contributed by atoms with Crippen molar-refractivity contribution in [3.05, 3.63) is 41.8 Å². The number of carbonyl (C=O) groups is 1. The highest BCUT2D eigenvalue weighted by Crippen LogP contribution is 2.20. The van der Waals surface area contributed by atoms with E-state index < -0.39 is 0 Å². The van der Waals surface area contributed by atoms with E-state index in [1.54, 1.807) is 18.2 Å². The van der Waals surface area contributed by atoms with Crippen LogP contribution in [-0.4, -0.2) is 48.7 Å². The lowest BCUT2D eigenvalue weighted by Crippen LogP contribution is -2.39. The summed E-state index contributed by atoms with van der Waals surface area (Å²) in [6.45, 7) is 12.4. The van der Waals surface area contributed by atoms with Gasteiger partial charge in [-0.15, -0.1) is 0 Å². The summed E-state index contributed by atoms with van der Waals surface area (Å²) in [5, 5.41) is 6.82. The van der Waals surface area contributed by atoms with Crippen LogP contribution in [0, 0.1) is 17.7 Å². The normalized spacial score (nSPS) is 11.6. The van der Waals surface area contributed by atoms with Gasteiger partial charge in [-0.3, -0.25) is 4.79 Å². The molecule has 29 heavy (non-hydrogen) atoms. The average molecular weight is 406 g/mol. The second-order valence-corrected chi connectivity index (χ2v) is 8.08. The van der Waals surface area contributed by atoms with Crippen LogP contribution >= 0.6 is 0 Å². The number of benzene rings is 1. The van der Waals surface area contributed by atoms with Crippen molar-refractivity contribution >= 4 is 5.91 Å². The van der Waals surface area contributed by atoms with Crippen molar-refractivity contribution in [3.63, 3.8) is 0 Å². The molecule has 1 aromatic heterocycles. The number of rotatable bonds is 12.